The van der Waals surface area contributed by atoms with Crippen molar-refractivity contribution in [1.82, 2.24) is 4.98 Å². The number of hydrogen-bond acceptors (Lipinski definition) is 4. The number of rotatable bonds is 1. The van der Waals surface area contributed by atoms with Gasteiger partial charge in [-0.1, -0.05) is 38.5 Å². The molecule has 1 aliphatic carbocycles. The quantitative estimate of drug-likeness (QED) is 0.705. The number of aryl methyl sites for hydroxylation is 2. The minimum absolute atomic E-state index is 0.399. The zero-order valence-electron chi connectivity index (χ0n) is 15.1. The van der Waals surface area contributed by atoms with Crippen LogP contribution in [0.3, 0.4) is 0 Å². The molecule has 0 saturated carbocycles. The van der Waals surface area contributed by atoms with Crippen molar-refractivity contribution >= 4 is 17.2 Å². The van der Waals surface area contributed by atoms with Gasteiger partial charge in [0.25, 0.3) is 0 Å². The molecule has 132 valence electrons. The first kappa shape index (κ1) is 17.9. The third-order valence-electron chi connectivity index (χ3n) is 5.20. The van der Waals surface area contributed by atoms with E-state index in [1.54, 1.807) is 11.3 Å². The van der Waals surface area contributed by atoms with Crippen LogP contribution in [0.1, 0.15) is 73.8 Å². The average Bonchev–Trinajstić information content (AvgIpc) is 3.01. The van der Waals surface area contributed by atoms with Crippen LogP contribution in [0.15, 0.2) is 11.4 Å². The molecular weight excluding hydrogens is 326 g/mol. The Labute approximate surface area is 154 Å². The summed E-state index contributed by atoms with van der Waals surface area (Å²) in [5, 5.41) is 11.8. The Hall–Kier alpha value is -1.86. The number of nitriles is 1. The van der Waals surface area contributed by atoms with E-state index < -0.39 is 0 Å². The molecule has 2 aromatic heterocycles. The van der Waals surface area contributed by atoms with Gasteiger partial charge in [-0.3, -0.25) is 0 Å². The van der Waals surface area contributed by atoms with E-state index in [9.17, 15) is 5.26 Å². The van der Waals surface area contributed by atoms with Gasteiger partial charge in [-0.15, -0.1) is 11.3 Å². The van der Waals surface area contributed by atoms with Crippen LogP contribution in [0, 0.1) is 18.3 Å². The Kier molecular flexibility index (Phi) is 6.09. The van der Waals surface area contributed by atoms with E-state index in [1.807, 2.05) is 0 Å². The summed E-state index contributed by atoms with van der Waals surface area (Å²) in [5.41, 5.74) is 11.5. The van der Waals surface area contributed by atoms with Gasteiger partial charge in [0, 0.05) is 16.1 Å². The predicted octanol–water partition coefficient (Wildman–Crippen LogP) is 5.79. The van der Waals surface area contributed by atoms with Gasteiger partial charge in [0.05, 0.1) is 0 Å². The molecule has 0 amide bonds. The number of fused-ring (bicyclic) bond motifs is 1. The number of nitrogens with zero attached hydrogens (tertiary/aromatic N) is 2. The lowest BCUT2D eigenvalue weighted by molar-refractivity contribution is 0.557. The van der Waals surface area contributed by atoms with Gasteiger partial charge in [-0.25, -0.2) is 4.98 Å². The summed E-state index contributed by atoms with van der Waals surface area (Å²) in [5.74, 6) is 0.399. The highest BCUT2D eigenvalue weighted by atomic mass is 32.1. The van der Waals surface area contributed by atoms with E-state index in [-0.39, 0.29) is 0 Å². The minimum atomic E-state index is 0.399. The van der Waals surface area contributed by atoms with E-state index >= 15 is 0 Å². The topological polar surface area (TPSA) is 62.7 Å². The third-order valence-corrected chi connectivity index (χ3v) is 6.24. The molecule has 4 heteroatoms. The van der Waals surface area contributed by atoms with Crippen LogP contribution in [0.4, 0.5) is 5.82 Å². The van der Waals surface area contributed by atoms with Crippen molar-refractivity contribution in [2.75, 3.05) is 5.73 Å². The fourth-order valence-corrected chi connectivity index (χ4v) is 4.82. The fourth-order valence-electron chi connectivity index (χ4n) is 3.82. The zero-order valence-corrected chi connectivity index (χ0v) is 15.9. The van der Waals surface area contributed by atoms with Gasteiger partial charge in [0.2, 0.25) is 0 Å². The molecule has 2 aromatic rings. The van der Waals surface area contributed by atoms with E-state index in [0.29, 0.717) is 11.4 Å². The first-order valence-corrected chi connectivity index (χ1v) is 10.4. The molecule has 2 N–H and O–H groups in total. The van der Waals surface area contributed by atoms with Gasteiger partial charge in [-0.05, 0) is 55.2 Å². The number of nitrogens with two attached hydrogens (primary N) is 1. The average molecular weight is 354 g/mol. The number of hydrogen-bond donors (Lipinski definition) is 1. The van der Waals surface area contributed by atoms with Crippen LogP contribution in [-0.2, 0) is 12.8 Å². The summed E-state index contributed by atoms with van der Waals surface area (Å²) in [6.45, 7) is 2.12. The summed E-state index contributed by atoms with van der Waals surface area (Å²) < 4.78 is 0. The molecule has 0 unspecified atom stereocenters. The highest BCUT2D eigenvalue weighted by molar-refractivity contribution is 7.13. The minimum Gasteiger partial charge on any atom is -0.383 e. The first-order chi connectivity index (χ1) is 12.2. The zero-order chi connectivity index (χ0) is 17.6. The lowest BCUT2D eigenvalue weighted by Gasteiger charge is -2.18. The molecule has 0 fully saturated rings. The van der Waals surface area contributed by atoms with Crippen LogP contribution in [0.2, 0.25) is 0 Å². The van der Waals surface area contributed by atoms with Gasteiger partial charge in [-0.2, -0.15) is 5.26 Å². The summed E-state index contributed by atoms with van der Waals surface area (Å²) in [4.78, 5) is 5.86. The normalized spacial score (nSPS) is 16.3. The van der Waals surface area contributed by atoms with Crippen LogP contribution in [0.25, 0.3) is 10.4 Å². The fraction of sp³-hybridized carbons (Fsp3) is 0.524. The molecule has 1 aliphatic rings. The molecule has 0 atom stereocenters. The largest absolute Gasteiger partial charge is 0.383 e. The van der Waals surface area contributed by atoms with Crippen LogP contribution >= 0.6 is 11.3 Å². The summed E-state index contributed by atoms with van der Waals surface area (Å²) in [7, 11) is 0. The second kappa shape index (κ2) is 8.49. The van der Waals surface area contributed by atoms with Crippen molar-refractivity contribution in [3.8, 4) is 16.5 Å². The van der Waals surface area contributed by atoms with Gasteiger partial charge >= 0.3 is 0 Å². The van der Waals surface area contributed by atoms with Gasteiger partial charge < -0.3 is 5.73 Å². The highest BCUT2D eigenvalue weighted by Crippen LogP contribution is 2.38. The van der Waals surface area contributed by atoms with E-state index in [1.165, 1.54) is 60.9 Å². The number of nitrogen functional groups attached to an aromatic ring is 1. The number of thiophene rings is 1. The van der Waals surface area contributed by atoms with Crippen molar-refractivity contribution in [1.29, 1.82) is 5.26 Å². The van der Waals surface area contributed by atoms with Crippen LogP contribution < -0.4 is 5.73 Å². The summed E-state index contributed by atoms with van der Waals surface area (Å²) in [6.07, 6.45) is 12.2. The summed E-state index contributed by atoms with van der Waals surface area (Å²) >= 11 is 1.71. The maximum Gasteiger partial charge on any atom is 0.142 e. The Bertz CT molecular complexity index is 770. The Balaban J connectivity index is 2.11. The maximum atomic E-state index is 9.73. The molecule has 3 rings (SSSR count). The number of pyridine rings is 1. The van der Waals surface area contributed by atoms with E-state index in [4.69, 9.17) is 5.73 Å². The Morgan fingerprint density at radius 3 is 2.28 bits per heavy atom. The van der Waals surface area contributed by atoms with Crippen molar-refractivity contribution in [2.24, 2.45) is 0 Å². The second-order valence-electron chi connectivity index (χ2n) is 7.05. The molecule has 0 saturated heterocycles. The molecule has 0 radical (unpaired) electrons. The smallest absolute Gasteiger partial charge is 0.142 e. The highest BCUT2D eigenvalue weighted by Gasteiger charge is 2.21. The van der Waals surface area contributed by atoms with Crippen molar-refractivity contribution in [3.63, 3.8) is 0 Å². The molecular formula is C21H27N3S. The molecule has 0 bridgehead atoms. The van der Waals surface area contributed by atoms with Gasteiger partial charge in [0.1, 0.15) is 17.5 Å². The first-order valence-electron chi connectivity index (χ1n) is 9.48. The van der Waals surface area contributed by atoms with Crippen molar-refractivity contribution < 1.29 is 0 Å². The van der Waals surface area contributed by atoms with E-state index in [0.717, 1.165) is 30.5 Å². The SMILES string of the molecule is Cc1ccsc1-c1c(C#N)c(N)nc2c1CCCCCCCCCC2. The van der Waals surface area contributed by atoms with Gasteiger partial charge in [0.15, 0.2) is 0 Å². The van der Waals surface area contributed by atoms with Crippen LogP contribution in [-0.4, -0.2) is 4.98 Å². The predicted molar refractivity (Wildman–Crippen MR) is 106 cm³/mol. The Morgan fingerprint density at radius 1 is 1.04 bits per heavy atom. The van der Waals surface area contributed by atoms with Crippen molar-refractivity contribution in [2.45, 2.75) is 71.1 Å². The second-order valence-corrected chi connectivity index (χ2v) is 7.96. The third kappa shape index (κ3) is 4.04. The van der Waals surface area contributed by atoms with E-state index in [2.05, 4.69) is 29.4 Å². The lowest BCUT2D eigenvalue weighted by atomic mass is 9.91. The monoisotopic (exact) mass is 353 g/mol. The molecule has 0 aliphatic heterocycles. The molecule has 3 nitrogen and oxygen atoms in total. The van der Waals surface area contributed by atoms with Crippen molar-refractivity contribution in [3.05, 3.63) is 33.8 Å². The summed E-state index contributed by atoms with van der Waals surface area (Å²) in [6, 6.07) is 4.46. The number of anilines is 1. The lowest BCUT2D eigenvalue weighted by Crippen LogP contribution is -2.09. The number of aromatic nitrogens is 1. The molecule has 0 aromatic carbocycles. The molecule has 25 heavy (non-hydrogen) atoms. The molecule has 0 spiro atoms. The standard InChI is InChI=1S/C21H27N3S/c1-15-12-13-25-20(15)19-16-10-8-6-4-2-3-5-7-9-11-18(16)24-21(23)17(19)14-22/h12-13H,2-11H2,1H3,(H2,23,24). The van der Waals surface area contributed by atoms with Crippen LogP contribution in [0.5, 0.6) is 0 Å². The molecule has 2 heterocycles. The Morgan fingerprint density at radius 2 is 1.68 bits per heavy atom. The maximum absolute atomic E-state index is 9.73.